The number of hydroxylamine groups is 4. The van der Waals surface area contributed by atoms with Crippen molar-refractivity contribution in [2.24, 2.45) is 0 Å². The van der Waals surface area contributed by atoms with E-state index in [1.807, 2.05) is 20.9 Å². The Hall–Kier alpha value is -0.160. The number of hydrogen-bond acceptors (Lipinski definition) is 4. The van der Waals surface area contributed by atoms with Crippen LogP contribution in [0.3, 0.4) is 0 Å². The van der Waals surface area contributed by atoms with E-state index in [1.165, 1.54) is 5.23 Å². The molecular formula is C5H12N2O2. The van der Waals surface area contributed by atoms with Gasteiger partial charge >= 0.3 is 0 Å². The molecule has 4 heteroatoms. The van der Waals surface area contributed by atoms with Gasteiger partial charge in [0.05, 0.1) is 0 Å². The molecule has 0 atom stereocenters. The van der Waals surface area contributed by atoms with Crippen LogP contribution in [0.25, 0.3) is 0 Å². The number of hydrogen-bond donors (Lipinski definition) is 0. The van der Waals surface area contributed by atoms with Gasteiger partial charge in [0.1, 0.15) is 0 Å². The molecule has 0 aromatic heterocycles. The van der Waals surface area contributed by atoms with E-state index >= 15 is 0 Å². The molecule has 0 aromatic carbocycles. The minimum absolute atomic E-state index is 0.339. The molecule has 0 saturated carbocycles. The van der Waals surface area contributed by atoms with Crippen LogP contribution in [0.1, 0.15) is 13.8 Å². The third-order valence-corrected chi connectivity index (χ3v) is 1.35. The minimum atomic E-state index is -0.339. The van der Waals surface area contributed by atoms with Gasteiger partial charge in [-0.05, 0) is 19.1 Å². The molecule has 1 aliphatic heterocycles. The maximum absolute atomic E-state index is 5.20. The highest BCUT2D eigenvalue weighted by molar-refractivity contribution is 4.60. The molecular weight excluding hydrogens is 120 g/mol. The van der Waals surface area contributed by atoms with Crippen molar-refractivity contribution in [1.29, 1.82) is 0 Å². The Bertz CT molecular complexity index is 116. The Morgan fingerprint density at radius 2 is 1.78 bits per heavy atom. The van der Waals surface area contributed by atoms with Gasteiger partial charge in [0, 0.05) is 14.1 Å². The van der Waals surface area contributed by atoms with E-state index in [-0.39, 0.29) is 5.72 Å². The Morgan fingerprint density at radius 1 is 1.22 bits per heavy atom. The van der Waals surface area contributed by atoms with Crippen molar-refractivity contribution in [3.05, 3.63) is 0 Å². The molecule has 1 rings (SSSR count). The fraction of sp³-hybridized carbons (Fsp3) is 1.00. The van der Waals surface area contributed by atoms with Gasteiger partial charge in [-0.2, -0.15) is 4.94 Å². The zero-order valence-electron chi connectivity index (χ0n) is 6.21. The molecule has 9 heavy (non-hydrogen) atoms. The van der Waals surface area contributed by atoms with Crippen LogP contribution in [0.5, 0.6) is 0 Å². The Kier molecular flexibility index (Phi) is 1.48. The standard InChI is InChI=1S/C5H12N2O2/c1-5(2)6(3)9-7(4)8-5/h1-4H3. The van der Waals surface area contributed by atoms with Gasteiger partial charge in [-0.15, -0.1) is 5.06 Å². The van der Waals surface area contributed by atoms with E-state index in [0.717, 1.165) is 0 Å². The van der Waals surface area contributed by atoms with Gasteiger partial charge in [0.2, 0.25) is 0 Å². The zero-order valence-corrected chi connectivity index (χ0v) is 6.21. The molecule has 0 N–H and O–H groups in total. The molecule has 1 heterocycles. The number of rotatable bonds is 0. The Balaban J connectivity index is 2.58. The summed E-state index contributed by atoms with van der Waals surface area (Å²) in [6.45, 7) is 3.85. The fourth-order valence-electron chi connectivity index (χ4n) is 0.660. The molecule has 54 valence electrons. The van der Waals surface area contributed by atoms with E-state index < -0.39 is 0 Å². The summed E-state index contributed by atoms with van der Waals surface area (Å²) in [5.74, 6) is 0. The second kappa shape index (κ2) is 1.91. The fourth-order valence-corrected chi connectivity index (χ4v) is 0.660. The third kappa shape index (κ3) is 1.21. The summed E-state index contributed by atoms with van der Waals surface area (Å²) in [4.78, 5) is 10.2. The van der Waals surface area contributed by atoms with Crippen LogP contribution in [-0.2, 0) is 9.78 Å². The van der Waals surface area contributed by atoms with Crippen molar-refractivity contribution in [3.8, 4) is 0 Å². The van der Waals surface area contributed by atoms with Crippen LogP contribution in [-0.4, -0.2) is 30.1 Å². The largest absolute Gasteiger partial charge is 0.249 e. The normalized spacial score (nSPS) is 29.3. The Labute approximate surface area is 54.8 Å². The van der Waals surface area contributed by atoms with E-state index in [1.54, 1.807) is 12.1 Å². The lowest BCUT2D eigenvalue weighted by Crippen LogP contribution is -2.34. The van der Waals surface area contributed by atoms with E-state index in [9.17, 15) is 0 Å². The van der Waals surface area contributed by atoms with Gasteiger partial charge in [-0.3, -0.25) is 0 Å². The summed E-state index contributed by atoms with van der Waals surface area (Å²) < 4.78 is 0. The van der Waals surface area contributed by atoms with Crippen LogP contribution in [0.4, 0.5) is 0 Å². The van der Waals surface area contributed by atoms with Crippen LogP contribution in [0.2, 0.25) is 0 Å². The SMILES string of the molecule is CN1ON(C)C(C)(C)O1. The van der Waals surface area contributed by atoms with Crippen molar-refractivity contribution < 1.29 is 9.78 Å². The van der Waals surface area contributed by atoms with Crippen LogP contribution >= 0.6 is 0 Å². The second-order valence-corrected chi connectivity index (χ2v) is 2.56. The molecule has 4 nitrogen and oxygen atoms in total. The molecule has 1 saturated heterocycles. The van der Waals surface area contributed by atoms with Gasteiger partial charge < -0.3 is 0 Å². The van der Waals surface area contributed by atoms with Crippen LogP contribution < -0.4 is 0 Å². The first-order valence-electron chi connectivity index (χ1n) is 2.87. The molecule has 0 amide bonds. The summed E-state index contributed by atoms with van der Waals surface area (Å²) in [5.41, 5.74) is -0.339. The minimum Gasteiger partial charge on any atom is -0.249 e. The summed E-state index contributed by atoms with van der Waals surface area (Å²) in [6, 6.07) is 0. The quantitative estimate of drug-likeness (QED) is 0.475. The maximum atomic E-state index is 5.20. The van der Waals surface area contributed by atoms with Gasteiger partial charge in [-0.25, -0.2) is 4.84 Å². The highest BCUT2D eigenvalue weighted by Crippen LogP contribution is 2.22. The van der Waals surface area contributed by atoms with Crippen molar-refractivity contribution in [3.63, 3.8) is 0 Å². The third-order valence-electron chi connectivity index (χ3n) is 1.35. The highest BCUT2D eigenvalue weighted by atomic mass is 17.1. The van der Waals surface area contributed by atoms with Gasteiger partial charge in [-0.1, -0.05) is 0 Å². The van der Waals surface area contributed by atoms with E-state index in [0.29, 0.717) is 0 Å². The smallest absolute Gasteiger partial charge is 0.163 e. The molecule has 0 unspecified atom stereocenters. The first-order valence-corrected chi connectivity index (χ1v) is 2.87. The maximum Gasteiger partial charge on any atom is 0.163 e. The highest BCUT2D eigenvalue weighted by Gasteiger charge is 2.35. The first kappa shape index (κ1) is 6.95. The van der Waals surface area contributed by atoms with Crippen LogP contribution in [0, 0.1) is 0 Å². The average Bonchev–Trinajstić information content (AvgIpc) is 1.79. The molecule has 1 aliphatic rings. The summed E-state index contributed by atoms with van der Waals surface area (Å²) in [7, 11) is 3.54. The predicted molar refractivity (Wildman–Crippen MR) is 31.8 cm³/mol. The lowest BCUT2D eigenvalue weighted by molar-refractivity contribution is -0.334. The molecule has 0 bridgehead atoms. The van der Waals surface area contributed by atoms with Crippen molar-refractivity contribution in [2.45, 2.75) is 19.6 Å². The van der Waals surface area contributed by atoms with E-state index in [2.05, 4.69) is 0 Å². The molecule has 0 aromatic rings. The molecule has 1 fully saturated rings. The van der Waals surface area contributed by atoms with Gasteiger partial charge in [0.25, 0.3) is 0 Å². The lowest BCUT2D eigenvalue weighted by Gasteiger charge is -2.19. The van der Waals surface area contributed by atoms with Crippen molar-refractivity contribution >= 4 is 0 Å². The monoisotopic (exact) mass is 132 g/mol. The van der Waals surface area contributed by atoms with E-state index in [4.69, 9.17) is 9.78 Å². The van der Waals surface area contributed by atoms with Crippen LogP contribution in [0.15, 0.2) is 0 Å². The lowest BCUT2D eigenvalue weighted by atomic mass is 10.3. The first-order chi connectivity index (χ1) is 4.02. The van der Waals surface area contributed by atoms with Crippen molar-refractivity contribution in [2.75, 3.05) is 14.1 Å². The zero-order chi connectivity index (χ0) is 7.07. The molecule has 0 aliphatic carbocycles. The molecule has 0 radical (unpaired) electrons. The average molecular weight is 132 g/mol. The summed E-state index contributed by atoms with van der Waals surface area (Å²) in [5, 5.41) is 2.98. The number of nitrogens with zero attached hydrogens (tertiary/aromatic N) is 2. The van der Waals surface area contributed by atoms with Crippen molar-refractivity contribution in [1.82, 2.24) is 10.3 Å². The van der Waals surface area contributed by atoms with Gasteiger partial charge in [0.15, 0.2) is 5.72 Å². The summed E-state index contributed by atoms with van der Waals surface area (Å²) >= 11 is 0. The topological polar surface area (TPSA) is 24.9 Å². The Morgan fingerprint density at radius 3 is 1.89 bits per heavy atom. The predicted octanol–water partition coefficient (Wildman–Crippen LogP) is 0.378. The second-order valence-electron chi connectivity index (χ2n) is 2.56. The summed E-state index contributed by atoms with van der Waals surface area (Å²) in [6.07, 6.45) is 0. The molecule has 0 spiro atoms.